The number of hydrogen-bond donors (Lipinski definition) is 1. The van der Waals surface area contributed by atoms with Gasteiger partial charge in [0.2, 0.25) is 5.95 Å². The zero-order valence-corrected chi connectivity index (χ0v) is 10.6. The Kier molecular flexibility index (Phi) is 4.26. The molecule has 1 aromatic rings. The van der Waals surface area contributed by atoms with E-state index in [1.54, 1.807) is 0 Å². The summed E-state index contributed by atoms with van der Waals surface area (Å²) in [5.41, 5.74) is 0.688. The lowest BCUT2D eigenvalue weighted by atomic mass is 10.2. The smallest absolute Gasteiger partial charge is 0.216 e. The van der Waals surface area contributed by atoms with Crippen molar-refractivity contribution in [3.05, 3.63) is 28.2 Å². The Balaban J connectivity index is 1.90. The normalized spacial score (nSPS) is 17.6. The number of rotatable bonds is 3. The van der Waals surface area contributed by atoms with Gasteiger partial charge in [-0.25, -0.2) is 4.98 Å². The van der Waals surface area contributed by atoms with E-state index < -0.39 is 0 Å². The van der Waals surface area contributed by atoms with E-state index in [-0.39, 0.29) is 5.95 Å². The highest BCUT2D eigenvalue weighted by Crippen LogP contribution is 2.13. The fourth-order valence-electron chi connectivity index (χ4n) is 1.85. The molecule has 1 aliphatic rings. The minimum Gasteiger partial charge on any atom is -0.314 e. The number of nitrogens with zero attached hydrogens (tertiary/aromatic N) is 2. The minimum absolute atomic E-state index is 0.349. The zero-order valence-electron chi connectivity index (χ0n) is 9.05. The Bertz CT molecular complexity index is 353. The average Bonchev–Trinajstić information content (AvgIpc) is 2.32. The number of halogens is 2. The summed E-state index contributed by atoms with van der Waals surface area (Å²) in [6.07, 6.45) is 2.21. The lowest BCUT2D eigenvalue weighted by Gasteiger charge is -2.27. The first-order valence-corrected chi connectivity index (χ1v) is 6.28. The van der Waals surface area contributed by atoms with Crippen molar-refractivity contribution in [2.45, 2.75) is 6.42 Å². The van der Waals surface area contributed by atoms with Crippen molar-refractivity contribution in [3.8, 4) is 0 Å². The summed E-state index contributed by atoms with van der Waals surface area (Å²) in [6.45, 7) is 5.04. The summed E-state index contributed by atoms with van der Waals surface area (Å²) in [6, 6.07) is 1.81. The van der Waals surface area contributed by atoms with Gasteiger partial charge in [0.05, 0.1) is 0 Å². The molecule has 3 nitrogen and oxygen atoms in total. The number of hydrogen-bond acceptors (Lipinski definition) is 3. The second kappa shape index (κ2) is 5.70. The molecule has 0 amide bonds. The second-order valence-corrected chi connectivity index (χ2v) is 4.86. The molecular weight excluding hydrogens is 273 g/mol. The summed E-state index contributed by atoms with van der Waals surface area (Å²) >= 11 is 3.31. The molecule has 0 spiro atoms. The van der Waals surface area contributed by atoms with Gasteiger partial charge in [-0.2, -0.15) is 4.39 Å². The molecule has 0 unspecified atom stereocenters. The molecule has 1 saturated heterocycles. The highest BCUT2D eigenvalue weighted by atomic mass is 79.9. The van der Waals surface area contributed by atoms with Gasteiger partial charge in [-0.15, -0.1) is 0 Å². The van der Waals surface area contributed by atoms with Crippen molar-refractivity contribution in [3.63, 3.8) is 0 Å². The molecule has 0 saturated carbocycles. The van der Waals surface area contributed by atoms with Crippen LogP contribution in [0.25, 0.3) is 0 Å². The zero-order chi connectivity index (χ0) is 11.4. The summed E-state index contributed by atoms with van der Waals surface area (Å²) in [5, 5.41) is 3.30. The van der Waals surface area contributed by atoms with E-state index in [0.717, 1.165) is 43.6 Å². The van der Waals surface area contributed by atoms with Gasteiger partial charge in [0, 0.05) is 49.0 Å². The van der Waals surface area contributed by atoms with Crippen LogP contribution in [-0.4, -0.2) is 42.6 Å². The maximum atomic E-state index is 13.4. The van der Waals surface area contributed by atoms with E-state index in [4.69, 9.17) is 0 Å². The molecule has 1 N–H and O–H groups in total. The van der Waals surface area contributed by atoms with Gasteiger partial charge in [-0.3, -0.25) is 0 Å². The van der Waals surface area contributed by atoms with Crippen molar-refractivity contribution in [1.82, 2.24) is 15.2 Å². The van der Waals surface area contributed by atoms with Crippen LogP contribution in [0.2, 0.25) is 0 Å². The van der Waals surface area contributed by atoms with Gasteiger partial charge in [0.15, 0.2) is 0 Å². The molecule has 16 heavy (non-hydrogen) atoms. The highest BCUT2D eigenvalue weighted by molar-refractivity contribution is 9.10. The third-order valence-electron chi connectivity index (χ3n) is 2.79. The molecule has 1 fully saturated rings. The van der Waals surface area contributed by atoms with Gasteiger partial charge >= 0.3 is 0 Å². The van der Waals surface area contributed by atoms with Crippen LogP contribution in [0.3, 0.4) is 0 Å². The van der Waals surface area contributed by atoms with Crippen LogP contribution >= 0.6 is 15.9 Å². The lowest BCUT2D eigenvalue weighted by molar-refractivity contribution is 0.243. The van der Waals surface area contributed by atoms with E-state index in [1.807, 2.05) is 6.07 Å². The molecule has 1 aliphatic heterocycles. The van der Waals surface area contributed by atoms with E-state index in [2.05, 4.69) is 31.1 Å². The molecule has 1 aromatic heterocycles. The van der Waals surface area contributed by atoms with E-state index in [0.29, 0.717) is 5.56 Å². The van der Waals surface area contributed by atoms with E-state index >= 15 is 0 Å². The highest BCUT2D eigenvalue weighted by Gasteiger charge is 2.11. The summed E-state index contributed by atoms with van der Waals surface area (Å²) in [5.74, 6) is -0.349. The third kappa shape index (κ3) is 3.23. The lowest BCUT2D eigenvalue weighted by Crippen LogP contribution is -2.44. The van der Waals surface area contributed by atoms with Crippen LogP contribution in [0.1, 0.15) is 5.56 Å². The van der Waals surface area contributed by atoms with Gasteiger partial charge < -0.3 is 10.2 Å². The number of piperazine rings is 1. The Hall–Kier alpha value is -0.520. The first-order chi connectivity index (χ1) is 7.75. The molecule has 0 atom stereocenters. The predicted octanol–water partition coefficient (Wildman–Crippen LogP) is 1.43. The van der Waals surface area contributed by atoms with Crippen LogP contribution < -0.4 is 5.32 Å². The average molecular weight is 288 g/mol. The topological polar surface area (TPSA) is 28.2 Å². The largest absolute Gasteiger partial charge is 0.314 e. The standard InChI is InChI=1S/C11H15BrFN3/c12-10-7-9(11(13)15-8-10)1-4-16-5-2-14-3-6-16/h7-8,14H,1-6H2. The van der Waals surface area contributed by atoms with Crippen LogP contribution in [0.15, 0.2) is 16.7 Å². The van der Waals surface area contributed by atoms with Crippen molar-refractivity contribution in [2.75, 3.05) is 32.7 Å². The van der Waals surface area contributed by atoms with Crippen molar-refractivity contribution < 1.29 is 4.39 Å². The Morgan fingerprint density at radius 1 is 1.44 bits per heavy atom. The molecule has 88 valence electrons. The Morgan fingerprint density at radius 3 is 2.94 bits per heavy atom. The minimum atomic E-state index is -0.349. The maximum Gasteiger partial charge on any atom is 0.216 e. The first-order valence-electron chi connectivity index (χ1n) is 5.49. The maximum absolute atomic E-state index is 13.4. The quantitative estimate of drug-likeness (QED) is 0.853. The first kappa shape index (κ1) is 12.0. The predicted molar refractivity (Wildman–Crippen MR) is 64.9 cm³/mol. The van der Waals surface area contributed by atoms with Crippen LogP contribution in [0.5, 0.6) is 0 Å². The van der Waals surface area contributed by atoms with Crippen LogP contribution in [0, 0.1) is 5.95 Å². The Morgan fingerprint density at radius 2 is 2.19 bits per heavy atom. The van der Waals surface area contributed by atoms with Crippen molar-refractivity contribution >= 4 is 15.9 Å². The summed E-state index contributed by atoms with van der Waals surface area (Å²) in [4.78, 5) is 6.04. The molecule has 0 radical (unpaired) electrons. The van der Waals surface area contributed by atoms with Gasteiger partial charge in [-0.05, 0) is 28.4 Å². The molecule has 0 aromatic carbocycles. The van der Waals surface area contributed by atoms with Crippen LogP contribution in [-0.2, 0) is 6.42 Å². The van der Waals surface area contributed by atoms with E-state index in [9.17, 15) is 4.39 Å². The number of nitrogens with one attached hydrogen (secondary N) is 1. The SMILES string of the molecule is Fc1ncc(Br)cc1CCN1CCNCC1. The fraction of sp³-hybridized carbons (Fsp3) is 0.545. The Labute approximate surface area is 103 Å². The van der Waals surface area contributed by atoms with Crippen LogP contribution in [0.4, 0.5) is 4.39 Å². The number of aromatic nitrogens is 1. The monoisotopic (exact) mass is 287 g/mol. The van der Waals surface area contributed by atoms with Crippen molar-refractivity contribution in [1.29, 1.82) is 0 Å². The molecule has 5 heteroatoms. The molecule has 0 bridgehead atoms. The third-order valence-corrected chi connectivity index (χ3v) is 3.22. The van der Waals surface area contributed by atoms with Gasteiger partial charge in [0.25, 0.3) is 0 Å². The summed E-state index contributed by atoms with van der Waals surface area (Å²) in [7, 11) is 0. The summed E-state index contributed by atoms with van der Waals surface area (Å²) < 4.78 is 14.2. The second-order valence-electron chi connectivity index (χ2n) is 3.95. The van der Waals surface area contributed by atoms with Crippen molar-refractivity contribution in [2.24, 2.45) is 0 Å². The van der Waals surface area contributed by atoms with Gasteiger partial charge in [-0.1, -0.05) is 0 Å². The molecule has 0 aliphatic carbocycles. The van der Waals surface area contributed by atoms with E-state index in [1.165, 1.54) is 6.20 Å². The molecular formula is C11H15BrFN3. The fourth-order valence-corrected chi connectivity index (χ4v) is 2.23. The molecule has 2 rings (SSSR count). The molecule has 2 heterocycles. The van der Waals surface area contributed by atoms with Gasteiger partial charge in [0.1, 0.15) is 0 Å². The number of pyridine rings is 1.